The van der Waals surface area contributed by atoms with Gasteiger partial charge in [0.2, 0.25) is 0 Å². The highest BCUT2D eigenvalue weighted by Crippen LogP contribution is 2.24. The first-order chi connectivity index (χ1) is 9.74. The second kappa shape index (κ2) is 6.44. The molecule has 1 aromatic rings. The largest absolute Gasteiger partial charge is 0.315 e. The zero-order chi connectivity index (χ0) is 13.9. The molecule has 0 aliphatic carbocycles. The molecule has 20 heavy (non-hydrogen) atoms. The first-order valence-corrected chi connectivity index (χ1v) is 8.06. The Morgan fingerprint density at radius 1 is 1.25 bits per heavy atom. The van der Waals surface area contributed by atoms with Crippen LogP contribution >= 0.6 is 11.6 Å². The summed E-state index contributed by atoms with van der Waals surface area (Å²) in [7, 11) is 0. The standard InChI is InChI=1S/C16H24ClN3/c1-13(14-3-2-4-15(17)11-14)19-7-9-20(10-8-19)16-5-6-18-12-16/h2-4,11,13,16,18H,5-10,12H2,1H3. The van der Waals surface area contributed by atoms with E-state index in [-0.39, 0.29) is 0 Å². The van der Waals surface area contributed by atoms with Crippen molar-refractivity contribution in [2.45, 2.75) is 25.4 Å². The maximum atomic E-state index is 6.10. The molecule has 0 bridgehead atoms. The minimum Gasteiger partial charge on any atom is -0.315 e. The first-order valence-electron chi connectivity index (χ1n) is 7.68. The van der Waals surface area contributed by atoms with Gasteiger partial charge in [-0.1, -0.05) is 23.7 Å². The topological polar surface area (TPSA) is 18.5 Å². The fraction of sp³-hybridized carbons (Fsp3) is 0.625. The van der Waals surface area contributed by atoms with Crippen LogP contribution in [0.4, 0.5) is 0 Å². The van der Waals surface area contributed by atoms with Gasteiger partial charge in [0.05, 0.1) is 0 Å². The van der Waals surface area contributed by atoms with Gasteiger partial charge in [-0.05, 0) is 37.6 Å². The molecule has 0 amide bonds. The number of piperazine rings is 1. The summed E-state index contributed by atoms with van der Waals surface area (Å²) in [5.41, 5.74) is 1.33. The highest BCUT2D eigenvalue weighted by atomic mass is 35.5. The van der Waals surface area contributed by atoms with Crippen molar-refractivity contribution in [3.8, 4) is 0 Å². The molecule has 1 aromatic carbocycles. The van der Waals surface area contributed by atoms with Gasteiger partial charge in [-0.2, -0.15) is 0 Å². The van der Waals surface area contributed by atoms with Crippen LogP contribution in [-0.4, -0.2) is 55.1 Å². The lowest BCUT2D eigenvalue weighted by atomic mass is 10.1. The molecule has 3 rings (SSSR count). The molecule has 2 saturated heterocycles. The summed E-state index contributed by atoms with van der Waals surface area (Å²) in [6, 6.07) is 9.50. The van der Waals surface area contributed by atoms with E-state index >= 15 is 0 Å². The van der Waals surface area contributed by atoms with Gasteiger partial charge in [-0.15, -0.1) is 0 Å². The van der Waals surface area contributed by atoms with Gasteiger partial charge < -0.3 is 5.32 Å². The van der Waals surface area contributed by atoms with Gasteiger partial charge in [0.1, 0.15) is 0 Å². The lowest BCUT2D eigenvalue weighted by molar-refractivity contribution is 0.0787. The van der Waals surface area contributed by atoms with Crippen molar-refractivity contribution in [2.24, 2.45) is 0 Å². The van der Waals surface area contributed by atoms with Crippen LogP contribution in [-0.2, 0) is 0 Å². The molecule has 2 aliphatic heterocycles. The predicted octanol–water partition coefficient (Wildman–Crippen LogP) is 2.38. The zero-order valence-corrected chi connectivity index (χ0v) is 12.9. The van der Waals surface area contributed by atoms with Gasteiger partial charge in [0.25, 0.3) is 0 Å². The fourth-order valence-corrected chi connectivity index (χ4v) is 3.62. The second-order valence-corrected chi connectivity index (χ2v) is 6.39. The number of nitrogens with zero attached hydrogens (tertiary/aromatic N) is 2. The molecular formula is C16H24ClN3. The smallest absolute Gasteiger partial charge is 0.0409 e. The third-order valence-corrected chi connectivity index (χ3v) is 5.01. The van der Waals surface area contributed by atoms with Crippen LogP contribution < -0.4 is 5.32 Å². The van der Waals surface area contributed by atoms with Crippen molar-refractivity contribution < 1.29 is 0 Å². The average molecular weight is 294 g/mol. The molecule has 0 aromatic heterocycles. The van der Waals surface area contributed by atoms with E-state index in [1.807, 2.05) is 6.07 Å². The summed E-state index contributed by atoms with van der Waals surface area (Å²) in [6.07, 6.45) is 1.31. The molecule has 0 saturated carbocycles. The van der Waals surface area contributed by atoms with E-state index in [1.54, 1.807) is 0 Å². The summed E-state index contributed by atoms with van der Waals surface area (Å²) in [4.78, 5) is 5.23. The summed E-state index contributed by atoms with van der Waals surface area (Å²) < 4.78 is 0. The Hall–Kier alpha value is -0.610. The molecular weight excluding hydrogens is 270 g/mol. The summed E-state index contributed by atoms with van der Waals surface area (Å²) >= 11 is 6.10. The van der Waals surface area contributed by atoms with Crippen LogP contribution in [0, 0.1) is 0 Å². The number of hydrogen-bond donors (Lipinski definition) is 1. The first kappa shape index (κ1) is 14.3. The average Bonchev–Trinajstić information content (AvgIpc) is 3.01. The van der Waals surface area contributed by atoms with Crippen LogP contribution in [0.3, 0.4) is 0 Å². The van der Waals surface area contributed by atoms with Crippen LogP contribution in [0.25, 0.3) is 0 Å². The van der Waals surface area contributed by atoms with Crippen LogP contribution in [0.15, 0.2) is 24.3 Å². The Morgan fingerprint density at radius 3 is 2.70 bits per heavy atom. The highest BCUT2D eigenvalue weighted by Gasteiger charge is 2.27. The molecule has 2 fully saturated rings. The Bertz CT molecular complexity index is 437. The van der Waals surface area contributed by atoms with E-state index in [9.17, 15) is 0 Å². The molecule has 1 N–H and O–H groups in total. The van der Waals surface area contributed by atoms with Gasteiger partial charge in [-0.25, -0.2) is 0 Å². The van der Waals surface area contributed by atoms with Crippen molar-refractivity contribution in [3.05, 3.63) is 34.9 Å². The van der Waals surface area contributed by atoms with E-state index in [4.69, 9.17) is 11.6 Å². The van der Waals surface area contributed by atoms with Crippen molar-refractivity contribution in [2.75, 3.05) is 39.3 Å². The SMILES string of the molecule is CC(c1cccc(Cl)c1)N1CCN(C2CCNC2)CC1. The molecule has 2 atom stereocenters. The number of nitrogens with one attached hydrogen (secondary N) is 1. The van der Waals surface area contributed by atoms with E-state index in [0.29, 0.717) is 6.04 Å². The lowest BCUT2D eigenvalue weighted by Gasteiger charge is -2.40. The van der Waals surface area contributed by atoms with Gasteiger partial charge in [0, 0.05) is 49.8 Å². The Kier molecular flexibility index (Phi) is 4.61. The van der Waals surface area contributed by atoms with Crippen LogP contribution in [0.2, 0.25) is 5.02 Å². The zero-order valence-electron chi connectivity index (χ0n) is 12.2. The van der Waals surface area contributed by atoms with E-state index in [2.05, 4.69) is 40.2 Å². The molecule has 4 heteroatoms. The Morgan fingerprint density at radius 2 is 2.05 bits per heavy atom. The molecule has 0 radical (unpaired) electrons. The number of hydrogen-bond acceptors (Lipinski definition) is 3. The third kappa shape index (κ3) is 3.17. The number of halogens is 1. The number of benzene rings is 1. The summed E-state index contributed by atoms with van der Waals surface area (Å²) in [5, 5.41) is 4.30. The Labute approximate surface area is 126 Å². The quantitative estimate of drug-likeness (QED) is 0.923. The molecule has 2 unspecified atom stereocenters. The van der Waals surface area contributed by atoms with Gasteiger partial charge >= 0.3 is 0 Å². The monoisotopic (exact) mass is 293 g/mol. The molecule has 2 aliphatic rings. The maximum absolute atomic E-state index is 6.10. The summed E-state index contributed by atoms with van der Waals surface area (Å²) in [5.74, 6) is 0. The minimum atomic E-state index is 0.456. The van der Waals surface area contributed by atoms with Crippen LogP contribution in [0.1, 0.15) is 24.9 Å². The predicted molar refractivity (Wildman–Crippen MR) is 84.3 cm³/mol. The molecule has 2 heterocycles. The second-order valence-electron chi connectivity index (χ2n) is 5.95. The van der Waals surface area contributed by atoms with E-state index < -0.39 is 0 Å². The van der Waals surface area contributed by atoms with E-state index in [0.717, 1.165) is 24.2 Å². The van der Waals surface area contributed by atoms with Crippen LogP contribution in [0.5, 0.6) is 0 Å². The molecule has 3 nitrogen and oxygen atoms in total. The minimum absolute atomic E-state index is 0.456. The Balaban J connectivity index is 1.57. The summed E-state index contributed by atoms with van der Waals surface area (Å²) in [6.45, 7) is 9.34. The lowest BCUT2D eigenvalue weighted by Crippen LogP contribution is -2.51. The van der Waals surface area contributed by atoms with E-state index in [1.165, 1.54) is 38.2 Å². The number of rotatable bonds is 3. The molecule has 0 spiro atoms. The third-order valence-electron chi connectivity index (χ3n) is 4.78. The van der Waals surface area contributed by atoms with Gasteiger partial charge in [0.15, 0.2) is 0 Å². The van der Waals surface area contributed by atoms with Crippen molar-refractivity contribution in [1.82, 2.24) is 15.1 Å². The van der Waals surface area contributed by atoms with Crippen molar-refractivity contribution in [1.29, 1.82) is 0 Å². The highest BCUT2D eigenvalue weighted by molar-refractivity contribution is 6.30. The fourth-order valence-electron chi connectivity index (χ4n) is 3.42. The molecule has 110 valence electrons. The van der Waals surface area contributed by atoms with Crippen molar-refractivity contribution >= 4 is 11.6 Å². The van der Waals surface area contributed by atoms with Crippen molar-refractivity contribution in [3.63, 3.8) is 0 Å². The van der Waals surface area contributed by atoms with Gasteiger partial charge in [-0.3, -0.25) is 9.80 Å². The normalized spacial score (nSPS) is 26.8. The maximum Gasteiger partial charge on any atom is 0.0409 e.